The molecule has 0 saturated carbocycles. The van der Waals surface area contributed by atoms with E-state index in [0.717, 1.165) is 24.2 Å². The van der Waals surface area contributed by atoms with Crippen molar-refractivity contribution in [1.82, 2.24) is 5.32 Å². The van der Waals surface area contributed by atoms with Crippen molar-refractivity contribution in [2.45, 2.75) is 45.7 Å². The third-order valence-corrected chi connectivity index (χ3v) is 4.34. The number of carbonyl (C=O) groups is 2. The standard InChI is InChI=1S/C17H25N3O2/c1-11(12(2)18)17(22)19-13(3)14-6-8-15(9-7-14)20-10-4-5-16(20)21/h6-9,11-13H,4-5,10,18H2,1-3H3,(H,19,22). The molecule has 1 aromatic rings. The number of rotatable bonds is 5. The highest BCUT2D eigenvalue weighted by Crippen LogP contribution is 2.23. The Kier molecular flexibility index (Phi) is 5.19. The lowest BCUT2D eigenvalue weighted by Gasteiger charge is -2.21. The molecule has 3 N–H and O–H groups in total. The van der Waals surface area contributed by atoms with Crippen molar-refractivity contribution in [2.75, 3.05) is 11.4 Å². The normalized spacial score (nSPS) is 18.9. The molecule has 5 nitrogen and oxygen atoms in total. The van der Waals surface area contributed by atoms with E-state index in [4.69, 9.17) is 5.73 Å². The highest BCUT2D eigenvalue weighted by atomic mass is 16.2. The van der Waals surface area contributed by atoms with Gasteiger partial charge in [-0.1, -0.05) is 19.1 Å². The van der Waals surface area contributed by atoms with Crippen LogP contribution in [0.4, 0.5) is 5.69 Å². The Hall–Kier alpha value is -1.88. The highest BCUT2D eigenvalue weighted by Gasteiger charge is 2.22. The third-order valence-electron chi connectivity index (χ3n) is 4.34. The van der Waals surface area contributed by atoms with Gasteiger partial charge in [-0.05, 0) is 38.0 Å². The lowest BCUT2D eigenvalue weighted by molar-refractivity contribution is -0.125. The molecule has 0 spiro atoms. The fraction of sp³-hybridized carbons (Fsp3) is 0.529. The van der Waals surface area contributed by atoms with Crippen LogP contribution in [0.15, 0.2) is 24.3 Å². The van der Waals surface area contributed by atoms with Gasteiger partial charge in [0.2, 0.25) is 11.8 Å². The summed E-state index contributed by atoms with van der Waals surface area (Å²) < 4.78 is 0. The van der Waals surface area contributed by atoms with Crippen molar-refractivity contribution in [3.05, 3.63) is 29.8 Å². The van der Waals surface area contributed by atoms with Gasteiger partial charge in [-0.3, -0.25) is 9.59 Å². The molecule has 1 aliphatic rings. The second-order valence-corrected chi connectivity index (χ2v) is 6.12. The van der Waals surface area contributed by atoms with Crippen molar-refractivity contribution < 1.29 is 9.59 Å². The van der Waals surface area contributed by atoms with Gasteiger partial charge in [-0.15, -0.1) is 0 Å². The summed E-state index contributed by atoms with van der Waals surface area (Å²) in [5, 5.41) is 2.98. The molecule has 1 fully saturated rings. The zero-order valence-corrected chi connectivity index (χ0v) is 13.5. The van der Waals surface area contributed by atoms with E-state index in [1.807, 2.05) is 49.9 Å². The van der Waals surface area contributed by atoms with Crippen molar-refractivity contribution in [3.8, 4) is 0 Å². The van der Waals surface area contributed by atoms with Gasteiger partial charge in [0, 0.05) is 30.6 Å². The summed E-state index contributed by atoms with van der Waals surface area (Å²) in [6.45, 7) is 6.39. The van der Waals surface area contributed by atoms with Gasteiger partial charge >= 0.3 is 0 Å². The molecule has 3 atom stereocenters. The molecule has 0 bridgehead atoms. The Morgan fingerprint density at radius 1 is 1.23 bits per heavy atom. The summed E-state index contributed by atoms with van der Waals surface area (Å²) in [6.07, 6.45) is 1.55. The van der Waals surface area contributed by atoms with Gasteiger partial charge in [-0.25, -0.2) is 0 Å². The quantitative estimate of drug-likeness (QED) is 0.873. The predicted octanol–water partition coefficient (Wildman–Crippen LogP) is 1.97. The summed E-state index contributed by atoms with van der Waals surface area (Å²) in [5.41, 5.74) is 7.69. The van der Waals surface area contributed by atoms with E-state index in [1.54, 1.807) is 0 Å². The van der Waals surface area contributed by atoms with E-state index < -0.39 is 0 Å². The topological polar surface area (TPSA) is 75.4 Å². The number of amides is 2. The van der Waals surface area contributed by atoms with Crippen LogP contribution in [-0.4, -0.2) is 24.4 Å². The first kappa shape index (κ1) is 16.5. The molecule has 2 amide bonds. The van der Waals surface area contributed by atoms with Gasteiger partial charge < -0.3 is 16.0 Å². The molecule has 0 aliphatic carbocycles. The first-order chi connectivity index (χ1) is 10.4. The lowest BCUT2D eigenvalue weighted by Crippen LogP contribution is -2.39. The SMILES string of the molecule is CC(NC(=O)C(C)C(C)N)c1ccc(N2CCCC2=O)cc1. The van der Waals surface area contributed by atoms with Crippen molar-refractivity contribution in [2.24, 2.45) is 11.7 Å². The van der Waals surface area contributed by atoms with Crippen molar-refractivity contribution in [1.29, 1.82) is 0 Å². The number of nitrogens with two attached hydrogens (primary N) is 1. The van der Waals surface area contributed by atoms with E-state index in [9.17, 15) is 9.59 Å². The van der Waals surface area contributed by atoms with Crippen LogP contribution < -0.4 is 16.0 Å². The summed E-state index contributed by atoms with van der Waals surface area (Å²) >= 11 is 0. The molecule has 3 unspecified atom stereocenters. The predicted molar refractivity (Wildman–Crippen MR) is 87.4 cm³/mol. The van der Waals surface area contributed by atoms with E-state index in [-0.39, 0.29) is 29.8 Å². The maximum absolute atomic E-state index is 12.0. The van der Waals surface area contributed by atoms with Crippen molar-refractivity contribution in [3.63, 3.8) is 0 Å². The average Bonchev–Trinajstić information content (AvgIpc) is 2.92. The van der Waals surface area contributed by atoms with E-state index in [0.29, 0.717) is 6.42 Å². The second kappa shape index (κ2) is 6.92. The minimum atomic E-state index is -0.219. The first-order valence-electron chi connectivity index (χ1n) is 7.86. The molecule has 5 heteroatoms. The van der Waals surface area contributed by atoms with E-state index in [1.165, 1.54) is 0 Å². The Morgan fingerprint density at radius 3 is 2.36 bits per heavy atom. The Morgan fingerprint density at radius 2 is 1.86 bits per heavy atom. The maximum Gasteiger partial charge on any atom is 0.227 e. The van der Waals surface area contributed by atoms with Gasteiger partial charge in [-0.2, -0.15) is 0 Å². The molecule has 0 radical (unpaired) electrons. The van der Waals surface area contributed by atoms with E-state index in [2.05, 4.69) is 5.32 Å². The molecule has 1 saturated heterocycles. The molecular weight excluding hydrogens is 278 g/mol. The second-order valence-electron chi connectivity index (χ2n) is 6.12. The number of carbonyl (C=O) groups excluding carboxylic acids is 2. The smallest absolute Gasteiger partial charge is 0.227 e. The Labute approximate surface area is 131 Å². The fourth-order valence-corrected chi connectivity index (χ4v) is 2.53. The average molecular weight is 303 g/mol. The molecular formula is C17H25N3O2. The molecule has 1 aromatic carbocycles. The molecule has 1 heterocycles. The van der Waals surface area contributed by atoms with Gasteiger partial charge in [0.25, 0.3) is 0 Å². The Balaban J connectivity index is 2.00. The zero-order valence-electron chi connectivity index (χ0n) is 13.5. The largest absolute Gasteiger partial charge is 0.349 e. The van der Waals surface area contributed by atoms with Crippen LogP contribution in [0, 0.1) is 5.92 Å². The van der Waals surface area contributed by atoms with Crippen LogP contribution in [0.2, 0.25) is 0 Å². The lowest BCUT2D eigenvalue weighted by atomic mass is 10.0. The van der Waals surface area contributed by atoms with Crippen LogP contribution >= 0.6 is 0 Å². The summed E-state index contributed by atoms with van der Waals surface area (Å²) in [4.78, 5) is 25.6. The number of nitrogens with one attached hydrogen (secondary N) is 1. The minimum Gasteiger partial charge on any atom is -0.349 e. The molecule has 120 valence electrons. The summed E-state index contributed by atoms with van der Waals surface area (Å²) in [7, 11) is 0. The fourth-order valence-electron chi connectivity index (χ4n) is 2.53. The van der Waals surface area contributed by atoms with Crippen LogP contribution in [0.5, 0.6) is 0 Å². The zero-order chi connectivity index (χ0) is 16.3. The van der Waals surface area contributed by atoms with Crippen LogP contribution in [0.25, 0.3) is 0 Å². The van der Waals surface area contributed by atoms with Crippen molar-refractivity contribution >= 4 is 17.5 Å². The first-order valence-corrected chi connectivity index (χ1v) is 7.86. The molecule has 0 aromatic heterocycles. The summed E-state index contributed by atoms with van der Waals surface area (Å²) in [5.74, 6) is -0.0786. The van der Waals surface area contributed by atoms with E-state index >= 15 is 0 Å². The molecule has 2 rings (SSSR count). The molecule has 22 heavy (non-hydrogen) atoms. The highest BCUT2D eigenvalue weighted by molar-refractivity contribution is 5.95. The van der Waals surface area contributed by atoms with Gasteiger partial charge in [0.1, 0.15) is 0 Å². The van der Waals surface area contributed by atoms with Gasteiger partial charge in [0.05, 0.1) is 6.04 Å². The summed E-state index contributed by atoms with van der Waals surface area (Å²) in [6, 6.07) is 7.55. The minimum absolute atomic E-state index is 0.0405. The van der Waals surface area contributed by atoms with Crippen LogP contribution in [0.3, 0.4) is 0 Å². The van der Waals surface area contributed by atoms with Crippen LogP contribution in [-0.2, 0) is 9.59 Å². The number of nitrogens with zero attached hydrogens (tertiary/aromatic N) is 1. The molecule has 1 aliphatic heterocycles. The number of benzene rings is 1. The Bertz CT molecular complexity index is 539. The number of anilines is 1. The third kappa shape index (κ3) is 3.65. The van der Waals surface area contributed by atoms with Gasteiger partial charge in [0.15, 0.2) is 0 Å². The number of hydrogen-bond donors (Lipinski definition) is 2. The monoisotopic (exact) mass is 303 g/mol. The number of hydrogen-bond acceptors (Lipinski definition) is 3. The maximum atomic E-state index is 12.0. The van der Waals surface area contributed by atoms with Crippen LogP contribution in [0.1, 0.15) is 45.2 Å².